The van der Waals surface area contributed by atoms with Gasteiger partial charge in [-0.15, -0.1) is 0 Å². The van der Waals surface area contributed by atoms with Gasteiger partial charge in [-0.1, -0.05) is 91.8 Å². The third kappa shape index (κ3) is 7.11. The lowest BCUT2D eigenvalue weighted by molar-refractivity contribution is -0.0875. The van der Waals surface area contributed by atoms with Crippen molar-refractivity contribution in [3.63, 3.8) is 0 Å². The summed E-state index contributed by atoms with van der Waals surface area (Å²) in [5, 5.41) is 0. The van der Waals surface area contributed by atoms with Crippen LogP contribution < -0.4 is 0 Å². The molecule has 2 unspecified atom stereocenters. The van der Waals surface area contributed by atoms with Gasteiger partial charge in [0.1, 0.15) is 5.76 Å². The molecule has 0 N–H and O–H groups in total. The monoisotopic (exact) mass is 440 g/mol. The summed E-state index contributed by atoms with van der Waals surface area (Å²) in [5.41, 5.74) is 4.80. The standard InChI is InChI=1S/C30H48O2/c1-22(31-20-19-23-13-9-8-10-14-23)32-28-18-12-15-24-25(16-11-17-26(24)28)27(30(5,6)7)21-29(2,3)4/h11,16-18,22-23,27H,8-10,12-15,19-21H2,1-7H3. The van der Waals surface area contributed by atoms with Crippen molar-refractivity contribution in [2.24, 2.45) is 16.7 Å². The van der Waals surface area contributed by atoms with Crippen LogP contribution in [0.25, 0.3) is 5.76 Å². The number of hydrogen-bond donors (Lipinski definition) is 0. The molecule has 1 aromatic carbocycles. The lowest BCUT2D eigenvalue weighted by Crippen LogP contribution is -2.25. The molecule has 2 nitrogen and oxygen atoms in total. The number of ether oxygens (including phenoxy) is 2. The maximum atomic E-state index is 6.37. The molecule has 0 spiro atoms. The zero-order valence-electron chi connectivity index (χ0n) is 21.9. The zero-order valence-corrected chi connectivity index (χ0v) is 21.9. The van der Waals surface area contributed by atoms with E-state index in [0.29, 0.717) is 11.3 Å². The summed E-state index contributed by atoms with van der Waals surface area (Å²) in [5.74, 6) is 2.40. The molecule has 1 fully saturated rings. The van der Waals surface area contributed by atoms with Crippen LogP contribution in [0.3, 0.4) is 0 Å². The Bertz CT molecular complexity index is 756. The molecular formula is C30H48O2. The summed E-state index contributed by atoms with van der Waals surface area (Å²) in [7, 11) is 0. The van der Waals surface area contributed by atoms with Gasteiger partial charge in [0.25, 0.3) is 0 Å². The van der Waals surface area contributed by atoms with E-state index < -0.39 is 0 Å². The molecule has 0 aromatic heterocycles. The average molecular weight is 441 g/mol. The highest BCUT2D eigenvalue weighted by Gasteiger charge is 2.33. The van der Waals surface area contributed by atoms with Crippen LogP contribution >= 0.6 is 0 Å². The van der Waals surface area contributed by atoms with E-state index in [9.17, 15) is 0 Å². The molecule has 180 valence electrons. The summed E-state index contributed by atoms with van der Waals surface area (Å²) >= 11 is 0. The van der Waals surface area contributed by atoms with E-state index in [1.54, 1.807) is 0 Å². The van der Waals surface area contributed by atoms with Crippen LogP contribution in [0.2, 0.25) is 0 Å². The molecule has 2 aliphatic carbocycles. The van der Waals surface area contributed by atoms with Crippen LogP contribution in [-0.2, 0) is 15.9 Å². The lowest BCUT2D eigenvalue weighted by Gasteiger charge is -2.38. The molecule has 0 saturated heterocycles. The first-order valence-corrected chi connectivity index (χ1v) is 13.1. The molecule has 0 aliphatic heterocycles. The molecule has 0 amide bonds. The quantitative estimate of drug-likeness (QED) is 0.376. The molecule has 0 radical (unpaired) electrons. The topological polar surface area (TPSA) is 18.5 Å². The van der Waals surface area contributed by atoms with Gasteiger partial charge in [-0.05, 0) is 72.5 Å². The van der Waals surface area contributed by atoms with Crippen molar-refractivity contribution >= 4 is 5.76 Å². The Morgan fingerprint density at radius 2 is 1.72 bits per heavy atom. The van der Waals surface area contributed by atoms with Gasteiger partial charge in [0.15, 0.2) is 6.29 Å². The number of fused-ring (bicyclic) bond motifs is 1. The maximum absolute atomic E-state index is 6.37. The molecule has 2 aliphatic rings. The smallest absolute Gasteiger partial charge is 0.196 e. The first-order chi connectivity index (χ1) is 15.0. The van der Waals surface area contributed by atoms with E-state index in [4.69, 9.17) is 9.47 Å². The zero-order chi connectivity index (χ0) is 23.4. The van der Waals surface area contributed by atoms with Crippen molar-refractivity contribution in [2.45, 2.75) is 118 Å². The molecule has 0 bridgehead atoms. The second-order valence-corrected chi connectivity index (χ2v) is 12.5. The van der Waals surface area contributed by atoms with E-state index in [2.05, 4.69) is 72.7 Å². The van der Waals surface area contributed by atoms with Gasteiger partial charge in [-0.3, -0.25) is 0 Å². The van der Waals surface area contributed by atoms with E-state index in [1.807, 2.05) is 0 Å². The van der Waals surface area contributed by atoms with Crippen molar-refractivity contribution in [1.82, 2.24) is 0 Å². The van der Waals surface area contributed by atoms with Gasteiger partial charge in [0, 0.05) is 5.56 Å². The largest absolute Gasteiger partial charge is 0.465 e. The Labute approximate surface area is 198 Å². The summed E-state index contributed by atoms with van der Waals surface area (Å²) in [6.07, 6.45) is 13.5. The van der Waals surface area contributed by atoms with Crippen LogP contribution in [-0.4, -0.2) is 12.9 Å². The van der Waals surface area contributed by atoms with Gasteiger partial charge in [0.05, 0.1) is 6.61 Å². The van der Waals surface area contributed by atoms with E-state index in [0.717, 1.165) is 31.1 Å². The minimum absolute atomic E-state index is 0.201. The molecule has 1 saturated carbocycles. The van der Waals surface area contributed by atoms with Gasteiger partial charge in [0.2, 0.25) is 0 Å². The average Bonchev–Trinajstić information content (AvgIpc) is 2.71. The SMILES string of the molecule is CC(OCCC1CCCCC1)OC1=CCCc2c1cccc2C(CC(C)(C)C)C(C)(C)C. The van der Waals surface area contributed by atoms with Crippen LogP contribution in [0, 0.1) is 16.7 Å². The molecule has 3 rings (SSSR count). The molecule has 1 aromatic rings. The summed E-state index contributed by atoms with van der Waals surface area (Å²) < 4.78 is 12.5. The fraction of sp³-hybridized carbons (Fsp3) is 0.733. The van der Waals surface area contributed by atoms with Crippen molar-refractivity contribution in [2.75, 3.05) is 6.61 Å². The van der Waals surface area contributed by atoms with Crippen LogP contribution in [0.15, 0.2) is 24.3 Å². The normalized spacial score (nSPS) is 19.8. The molecule has 2 atom stereocenters. The van der Waals surface area contributed by atoms with E-state index in [-0.39, 0.29) is 11.7 Å². The second kappa shape index (κ2) is 10.8. The van der Waals surface area contributed by atoms with Gasteiger partial charge in [-0.25, -0.2) is 0 Å². The number of hydrogen-bond acceptors (Lipinski definition) is 2. The Morgan fingerprint density at radius 1 is 1.00 bits per heavy atom. The van der Waals surface area contributed by atoms with E-state index in [1.165, 1.54) is 61.6 Å². The predicted octanol–water partition coefficient (Wildman–Crippen LogP) is 8.89. The van der Waals surface area contributed by atoms with Crippen molar-refractivity contribution in [3.8, 4) is 0 Å². The Morgan fingerprint density at radius 3 is 2.38 bits per heavy atom. The first kappa shape index (κ1) is 25.3. The summed E-state index contributed by atoms with van der Waals surface area (Å²) in [6.45, 7) is 17.1. The van der Waals surface area contributed by atoms with Gasteiger partial charge < -0.3 is 9.47 Å². The minimum atomic E-state index is -0.201. The summed E-state index contributed by atoms with van der Waals surface area (Å²) in [4.78, 5) is 0. The third-order valence-corrected chi connectivity index (χ3v) is 7.34. The number of allylic oxidation sites excluding steroid dienone is 1. The fourth-order valence-electron chi connectivity index (χ4n) is 5.59. The first-order valence-electron chi connectivity index (χ1n) is 13.1. The van der Waals surface area contributed by atoms with Gasteiger partial charge in [-0.2, -0.15) is 0 Å². The lowest BCUT2D eigenvalue weighted by atomic mass is 9.67. The van der Waals surface area contributed by atoms with Crippen LogP contribution in [0.4, 0.5) is 0 Å². The molecule has 0 heterocycles. The Hall–Kier alpha value is -1.28. The predicted molar refractivity (Wildman–Crippen MR) is 137 cm³/mol. The summed E-state index contributed by atoms with van der Waals surface area (Å²) in [6, 6.07) is 6.84. The Balaban J connectivity index is 1.70. The fourth-order valence-corrected chi connectivity index (χ4v) is 5.59. The van der Waals surface area contributed by atoms with Crippen LogP contribution in [0.5, 0.6) is 0 Å². The molecule has 32 heavy (non-hydrogen) atoms. The van der Waals surface area contributed by atoms with Crippen molar-refractivity contribution < 1.29 is 9.47 Å². The molecule has 2 heteroatoms. The van der Waals surface area contributed by atoms with Gasteiger partial charge >= 0.3 is 0 Å². The van der Waals surface area contributed by atoms with Crippen molar-refractivity contribution in [3.05, 3.63) is 41.0 Å². The molecular weight excluding hydrogens is 392 g/mol. The highest BCUT2D eigenvalue weighted by Crippen LogP contribution is 2.46. The Kier molecular flexibility index (Phi) is 8.53. The highest BCUT2D eigenvalue weighted by molar-refractivity contribution is 5.67. The van der Waals surface area contributed by atoms with Crippen LogP contribution in [0.1, 0.15) is 122 Å². The number of benzene rings is 1. The second-order valence-electron chi connectivity index (χ2n) is 12.5. The van der Waals surface area contributed by atoms with E-state index >= 15 is 0 Å². The third-order valence-electron chi connectivity index (χ3n) is 7.34. The maximum Gasteiger partial charge on any atom is 0.196 e. The minimum Gasteiger partial charge on any atom is -0.465 e. The van der Waals surface area contributed by atoms with Crippen molar-refractivity contribution in [1.29, 1.82) is 0 Å². The number of rotatable bonds is 8. The highest BCUT2D eigenvalue weighted by atomic mass is 16.7.